The van der Waals surface area contributed by atoms with E-state index in [1.165, 1.54) is 0 Å². The first kappa shape index (κ1) is 15.4. The molecule has 4 nitrogen and oxygen atoms in total. The van der Waals surface area contributed by atoms with Gasteiger partial charge in [-0.2, -0.15) is 0 Å². The molecule has 118 valence electrons. The molecular formula is C19H20N2O2. The molecule has 1 atom stereocenters. The van der Waals surface area contributed by atoms with Crippen molar-refractivity contribution in [3.63, 3.8) is 0 Å². The minimum Gasteiger partial charge on any atom is -0.396 e. The van der Waals surface area contributed by atoms with Crippen LogP contribution in [-0.2, 0) is 0 Å². The Morgan fingerprint density at radius 2 is 1.74 bits per heavy atom. The summed E-state index contributed by atoms with van der Waals surface area (Å²) in [5.41, 5.74) is 3.37. The summed E-state index contributed by atoms with van der Waals surface area (Å²) < 4.78 is 0. The third kappa shape index (κ3) is 3.32. The summed E-state index contributed by atoms with van der Waals surface area (Å²) in [5.74, 6) is -0.0645. The molecule has 0 unspecified atom stereocenters. The number of likely N-dealkylation sites (tertiary alicyclic amines) is 1. The second-order valence-electron chi connectivity index (χ2n) is 5.85. The van der Waals surface area contributed by atoms with E-state index >= 15 is 0 Å². The van der Waals surface area contributed by atoms with Gasteiger partial charge in [-0.25, -0.2) is 0 Å². The summed E-state index contributed by atoms with van der Waals surface area (Å²) in [6.45, 7) is 0.401. The molecule has 1 amide bonds. The van der Waals surface area contributed by atoms with E-state index in [0.29, 0.717) is 30.7 Å². The van der Waals surface area contributed by atoms with E-state index in [0.717, 1.165) is 11.1 Å². The van der Waals surface area contributed by atoms with E-state index in [9.17, 15) is 4.79 Å². The lowest BCUT2D eigenvalue weighted by Crippen LogP contribution is -2.36. The number of hydrogen-bond acceptors (Lipinski definition) is 3. The summed E-state index contributed by atoms with van der Waals surface area (Å²) in [5, 5.41) is 17.0. The van der Waals surface area contributed by atoms with Gasteiger partial charge in [-0.1, -0.05) is 42.5 Å². The standard InChI is InChI=1S/C19H20N2O2/c20-17-12-18(10-11-22)21(13-17)19(23)16-8-6-15(7-9-16)14-4-2-1-3-5-14/h1-9,18,20,22H,10-13H2/t18-/m1/s1. The van der Waals surface area contributed by atoms with Crippen molar-refractivity contribution in [3.8, 4) is 11.1 Å². The van der Waals surface area contributed by atoms with Crippen LogP contribution in [0.15, 0.2) is 54.6 Å². The molecule has 2 aromatic carbocycles. The number of hydrogen-bond donors (Lipinski definition) is 2. The summed E-state index contributed by atoms with van der Waals surface area (Å²) in [7, 11) is 0. The predicted molar refractivity (Wildman–Crippen MR) is 90.7 cm³/mol. The second-order valence-corrected chi connectivity index (χ2v) is 5.85. The molecule has 1 heterocycles. The first-order chi connectivity index (χ1) is 11.2. The van der Waals surface area contributed by atoms with Gasteiger partial charge in [0.1, 0.15) is 0 Å². The van der Waals surface area contributed by atoms with Gasteiger partial charge in [-0.3, -0.25) is 4.79 Å². The monoisotopic (exact) mass is 308 g/mol. The van der Waals surface area contributed by atoms with Crippen molar-refractivity contribution in [2.45, 2.75) is 18.9 Å². The molecule has 2 aromatic rings. The number of nitrogens with one attached hydrogen (secondary N) is 1. The van der Waals surface area contributed by atoms with Crippen LogP contribution in [0, 0.1) is 5.41 Å². The lowest BCUT2D eigenvalue weighted by atomic mass is 10.0. The summed E-state index contributed by atoms with van der Waals surface area (Å²) in [6.07, 6.45) is 1.09. The van der Waals surface area contributed by atoms with Gasteiger partial charge in [0, 0.05) is 30.3 Å². The maximum Gasteiger partial charge on any atom is 0.254 e. The van der Waals surface area contributed by atoms with Crippen molar-refractivity contribution in [2.75, 3.05) is 13.2 Å². The molecule has 1 aliphatic heterocycles. The van der Waals surface area contributed by atoms with Gasteiger partial charge >= 0.3 is 0 Å². The Morgan fingerprint density at radius 3 is 2.39 bits per heavy atom. The lowest BCUT2D eigenvalue weighted by molar-refractivity contribution is 0.0720. The quantitative estimate of drug-likeness (QED) is 0.912. The maximum absolute atomic E-state index is 12.7. The minimum atomic E-state index is -0.0645. The number of nitrogens with zero attached hydrogens (tertiary/aromatic N) is 1. The zero-order chi connectivity index (χ0) is 16.2. The van der Waals surface area contributed by atoms with Crippen molar-refractivity contribution in [1.29, 1.82) is 5.41 Å². The average molecular weight is 308 g/mol. The zero-order valence-corrected chi connectivity index (χ0v) is 12.9. The molecule has 3 rings (SSSR count). The number of amides is 1. The summed E-state index contributed by atoms with van der Waals surface area (Å²) >= 11 is 0. The van der Waals surface area contributed by atoms with Crippen LogP contribution in [0.25, 0.3) is 11.1 Å². The van der Waals surface area contributed by atoms with Gasteiger partial charge in [0.25, 0.3) is 5.91 Å². The first-order valence-electron chi connectivity index (χ1n) is 7.82. The molecule has 1 fully saturated rings. The van der Waals surface area contributed by atoms with E-state index < -0.39 is 0 Å². The Morgan fingerprint density at radius 1 is 1.09 bits per heavy atom. The van der Waals surface area contributed by atoms with Gasteiger partial charge < -0.3 is 15.4 Å². The van der Waals surface area contributed by atoms with Crippen molar-refractivity contribution < 1.29 is 9.90 Å². The third-order valence-electron chi connectivity index (χ3n) is 4.25. The average Bonchev–Trinajstić information content (AvgIpc) is 2.96. The Labute approximate surface area is 135 Å². The second kappa shape index (κ2) is 6.75. The first-order valence-corrected chi connectivity index (χ1v) is 7.82. The fourth-order valence-electron chi connectivity index (χ4n) is 3.04. The van der Waals surface area contributed by atoms with Crippen molar-refractivity contribution in [1.82, 2.24) is 4.90 Å². The van der Waals surface area contributed by atoms with E-state index in [1.807, 2.05) is 54.6 Å². The van der Waals surface area contributed by atoms with E-state index in [-0.39, 0.29) is 18.6 Å². The number of aliphatic hydroxyl groups is 1. The molecule has 23 heavy (non-hydrogen) atoms. The zero-order valence-electron chi connectivity index (χ0n) is 12.9. The molecule has 1 saturated heterocycles. The van der Waals surface area contributed by atoms with Crippen LogP contribution in [0.1, 0.15) is 23.2 Å². The van der Waals surface area contributed by atoms with Gasteiger partial charge in [-0.05, 0) is 29.7 Å². The molecule has 1 aliphatic rings. The number of aliphatic hydroxyl groups excluding tert-OH is 1. The molecule has 0 saturated carbocycles. The molecule has 0 aromatic heterocycles. The van der Waals surface area contributed by atoms with Crippen LogP contribution in [0.2, 0.25) is 0 Å². The molecule has 0 aliphatic carbocycles. The molecule has 0 radical (unpaired) electrons. The van der Waals surface area contributed by atoms with Crippen LogP contribution in [0.3, 0.4) is 0 Å². The van der Waals surface area contributed by atoms with Gasteiger partial charge in [0.15, 0.2) is 0 Å². The van der Waals surface area contributed by atoms with Crippen LogP contribution >= 0.6 is 0 Å². The van der Waals surface area contributed by atoms with E-state index in [1.54, 1.807) is 4.90 Å². The molecular weight excluding hydrogens is 288 g/mol. The van der Waals surface area contributed by atoms with Crippen LogP contribution in [-0.4, -0.2) is 40.8 Å². The number of benzene rings is 2. The van der Waals surface area contributed by atoms with Crippen molar-refractivity contribution in [2.24, 2.45) is 0 Å². The molecule has 0 spiro atoms. The SMILES string of the molecule is N=C1C[C@@H](CCO)N(C(=O)c2ccc(-c3ccccc3)cc2)C1. The van der Waals surface area contributed by atoms with E-state index in [4.69, 9.17) is 10.5 Å². The lowest BCUT2D eigenvalue weighted by Gasteiger charge is -2.23. The molecule has 4 heteroatoms. The molecule has 0 bridgehead atoms. The Bertz CT molecular complexity index is 695. The minimum absolute atomic E-state index is 0.0364. The highest BCUT2D eigenvalue weighted by Crippen LogP contribution is 2.23. The van der Waals surface area contributed by atoms with E-state index in [2.05, 4.69) is 0 Å². The number of carbonyl (C=O) groups is 1. The Hall–Kier alpha value is -2.46. The highest BCUT2D eigenvalue weighted by Gasteiger charge is 2.31. The van der Waals surface area contributed by atoms with Crippen LogP contribution in [0.4, 0.5) is 0 Å². The van der Waals surface area contributed by atoms with Crippen molar-refractivity contribution in [3.05, 3.63) is 60.2 Å². The maximum atomic E-state index is 12.7. The Balaban J connectivity index is 1.79. The smallest absolute Gasteiger partial charge is 0.254 e. The number of rotatable bonds is 4. The number of carbonyl (C=O) groups excluding carboxylic acids is 1. The Kier molecular flexibility index (Phi) is 4.53. The molecule has 2 N–H and O–H groups in total. The van der Waals surface area contributed by atoms with Gasteiger partial charge in [0.05, 0.1) is 6.54 Å². The topological polar surface area (TPSA) is 64.4 Å². The highest BCUT2D eigenvalue weighted by atomic mass is 16.3. The van der Waals surface area contributed by atoms with Crippen LogP contribution < -0.4 is 0 Å². The fraction of sp³-hybridized carbons (Fsp3) is 0.263. The van der Waals surface area contributed by atoms with Gasteiger partial charge in [0.2, 0.25) is 0 Å². The summed E-state index contributed by atoms with van der Waals surface area (Å²) in [6, 6.07) is 17.5. The fourth-order valence-corrected chi connectivity index (χ4v) is 3.04. The third-order valence-corrected chi connectivity index (χ3v) is 4.25. The van der Waals surface area contributed by atoms with Gasteiger partial charge in [-0.15, -0.1) is 0 Å². The summed E-state index contributed by atoms with van der Waals surface area (Å²) in [4.78, 5) is 14.4. The highest BCUT2D eigenvalue weighted by molar-refractivity contribution is 6.00. The van der Waals surface area contributed by atoms with Crippen LogP contribution in [0.5, 0.6) is 0 Å². The largest absolute Gasteiger partial charge is 0.396 e. The predicted octanol–water partition coefficient (Wildman–Crippen LogP) is 2.97. The normalized spacial score (nSPS) is 17.5. The van der Waals surface area contributed by atoms with Crippen molar-refractivity contribution >= 4 is 11.6 Å².